The molecule has 0 radical (unpaired) electrons. The number of urea groups is 1. The number of carbonyl (C=O) groups excluding carboxylic acids is 2. The standard InChI is InChI=1S/C24H22FN5O2.C21H17FN4O.C21H16FN3.C20H15FN4.C19H12FN3/c1-16-12-17(2-4-21(16)25)23-20(18-3-5-22-26-6-7-30(22)15-18)13-19(14-27-23)28-24(31)29-8-10-32-11-9-29;1-13-9-15(3-5-19(13)22)21-18(10-17(11-24-21)25-14(2)27)16-4-6-20-23-7-8-26(20)12-16;22-19-7-5-15(12-18(19)14-3-4-14)21-17(2-1-9-24-21)16-6-8-20-23-10-11-25(20)13-16;21-18-7-5-14(10-17(18)13-3-4-13)20-16(2-1-9-22-20)15-6-8-19-23-12-24-25(19)11-15;20-14-7-5-13(6-8-14)19-15(3-1-12-22-19)16-9-10-17-18(23-16)4-2-11-21-17/h2-7,12-15H,8-11H2,1H3,(H,28,31);3-12H,1-2H3,(H,25,27);1-2,5-14H,3-4H2;1-2,5-13H,3-4H2;1-12H. The highest BCUT2D eigenvalue weighted by Crippen LogP contribution is 2.46. The van der Waals surface area contributed by atoms with E-state index in [9.17, 15) is 31.5 Å². The Hall–Kier alpha value is -16.6. The van der Waals surface area contributed by atoms with Gasteiger partial charge in [0.25, 0.3) is 0 Å². The van der Waals surface area contributed by atoms with Crippen LogP contribution in [0.1, 0.15) is 66.7 Å². The van der Waals surface area contributed by atoms with Crippen LogP contribution in [0, 0.1) is 42.9 Å². The monoisotopic (exact) mass is 1750 g/mol. The van der Waals surface area contributed by atoms with Crippen LogP contribution in [0.15, 0.2) is 324 Å². The summed E-state index contributed by atoms with van der Waals surface area (Å²) in [5, 5.41) is 9.91. The molecule has 15 aromatic heterocycles. The molecule has 20 aromatic rings. The van der Waals surface area contributed by atoms with Crippen molar-refractivity contribution in [2.24, 2.45) is 0 Å². The van der Waals surface area contributed by atoms with Crippen LogP contribution >= 0.6 is 0 Å². The number of aryl methyl sites for hydroxylation is 2. The Morgan fingerprint density at radius 3 is 1.30 bits per heavy atom. The van der Waals surface area contributed by atoms with Gasteiger partial charge >= 0.3 is 6.03 Å². The second-order valence-electron chi connectivity index (χ2n) is 32.2. The third-order valence-electron chi connectivity index (χ3n) is 23.0. The number of nitrogens with one attached hydrogen (secondary N) is 2. The Kier molecular flexibility index (Phi) is 24.3. The number of hydrogen-bond donors (Lipinski definition) is 2. The van der Waals surface area contributed by atoms with Gasteiger partial charge in [-0.3, -0.25) is 34.7 Å². The highest BCUT2D eigenvalue weighted by molar-refractivity contribution is 5.94. The molecule has 27 heteroatoms. The van der Waals surface area contributed by atoms with Crippen LogP contribution in [-0.4, -0.2) is 121 Å². The predicted octanol–water partition coefficient (Wildman–Crippen LogP) is 22.9. The van der Waals surface area contributed by atoms with Crippen LogP contribution in [0.2, 0.25) is 0 Å². The van der Waals surface area contributed by atoms with Crippen LogP contribution in [-0.2, 0) is 9.53 Å². The Bertz CT molecular complexity index is 7520. The van der Waals surface area contributed by atoms with Crippen LogP contribution in [0.4, 0.5) is 38.1 Å². The first-order chi connectivity index (χ1) is 64.5. The first-order valence-electron chi connectivity index (χ1n) is 43.0. The lowest BCUT2D eigenvalue weighted by Gasteiger charge is -2.27. The summed E-state index contributed by atoms with van der Waals surface area (Å²) >= 11 is 0. The molecule has 22 nitrogen and oxygen atoms in total. The molecule has 1 saturated heterocycles. The highest BCUT2D eigenvalue weighted by Gasteiger charge is 2.30. The second-order valence-corrected chi connectivity index (χ2v) is 32.2. The summed E-state index contributed by atoms with van der Waals surface area (Å²) in [6, 6.07) is 65.6. The fourth-order valence-electron chi connectivity index (χ4n) is 16.0. The van der Waals surface area contributed by atoms with E-state index in [1.54, 1.807) is 134 Å². The zero-order valence-electron chi connectivity index (χ0n) is 71.6. The molecular formula is C105H82F5N19O3. The lowest BCUT2D eigenvalue weighted by molar-refractivity contribution is -0.114. The summed E-state index contributed by atoms with van der Waals surface area (Å²) in [4.78, 5) is 74.7. The van der Waals surface area contributed by atoms with Crippen molar-refractivity contribution in [1.29, 1.82) is 0 Å². The number of nitrogens with zero attached hydrogens (tertiary/aromatic N) is 17. The van der Waals surface area contributed by atoms with Crippen molar-refractivity contribution >= 4 is 56.9 Å². The second kappa shape index (κ2) is 37.8. The Labute approximate surface area is 754 Å². The molecular weight excluding hydrogens is 1670 g/mol. The summed E-state index contributed by atoms with van der Waals surface area (Å²) in [5.41, 5.74) is 26.6. The molecule has 0 spiro atoms. The largest absolute Gasteiger partial charge is 0.378 e. The molecule has 132 heavy (non-hydrogen) atoms. The number of rotatable bonds is 14. The van der Waals surface area contributed by atoms with Gasteiger partial charge in [0.15, 0.2) is 5.65 Å². The van der Waals surface area contributed by atoms with Crippen LogP contribution in [0.25, 0.3) is 146 Å². The molecule has 5 aromatic carbocycles. The lowest BCUT2D eigenvalue weighted by atomic mass is 9.98. The van der Waals surface area contributed by atoms with Gasteiger partial charge < -0.3 is 33.5 Å². The molecule has 650 valence electrons. The number of fused-ring (bicyclic) bond motifs is 5. The zero-order valence-corrected chi connectivity index (χ0v) is 71.6. The number of morpholine rings is 1. The Morgan fingerprint density at radius 1 is 0.371 bits per heavy atom. The summed E-state index contributed by atoms with van der Waals surface area (Å²) in [7, 11) is 0. The van der Waals surface area contributed by atoms with Crippen molar-refractivity contribution < 1.29 is 36.3 Å². The van der Waals surface area contributed by atoms with E-state index in [4.69, 9.17) is 4.74 Å². The van der Waals surface area contributed by atoms with Gasteiger partial charge in [-0.1, -0.05) is 12.1 Å². The van der Waals surface area contributed by atoms with Gasteiger partial charge in [-0.05, 0) is 280 Å². The van der Waals surface area contributed by atoms with Crippen LogP contribution < -0.4 is 10.6 Å². The maximum Gasteiger partial charge on any atom is 0.322 e. The molecule has 2 N–H and O–H groups in total. The van der Waals surface area contributed by atoms with Gasteiger partial charge in [0, 0.05) is 185 Å². The molecule has 16 heterocycles. The number of ether oxygens (including phenoxy) is 1. The summed E-state index contributed by atoms with van der Waals surface area (Å²) in [5.74, 6) is -0.441. The van der Waals surface area contributed by atoms with E-state index in [0.29, 0.717) is 72.0 Å². The number of benzene rings is 5. The summed E-state index contributed by atoms with van der Waals surface area (Å²) < 4.78 is 81.8. The number of pyridine rings is 11. The van der Waals surface area contributed by atoms with Crippen molar-refractivity contribution in [3.8, 4) is 112 Å². The minimum Gasteiger partial charge on any atom is -0.378 e. The van der Waals surface area contributed by atoms with Gasteiger partial charge in [0.2, 0.25) is 5.91 Å². The predicted molar refractivity (Wildman–Crippen MR) is 500 cm³/mol. The van der Waals surface area contributed by atoms with Crippen molar-refractivity contribution in [1.82, 2.24) is 82.5 Å². The van der Waals surface area contributed by atoms with Gasteiger partial charge in [-0.2, -0.15) is 5.10 Å². The molecule has 1 aliphatic heterocycles. The van der Waals surface area contributed by atoms with Gasteiger partial charge in [0.1, 0.15) is 52.4 Å². The number of imidazole rings is 3. The average molecular weight is 1750 g/mol. The maximum atomic E-state index is 14.1. The smallest absolute Gasteiger partial charge is 0.322 e. The van der Waals surface area contributed by atoms with E-state index in [-0.39, 0.29) is 41.0 Å². The Balaban J connectivity index is 0.000000107. The zero-order chi connectivity index (χ0) is 90.3. The number of amides is 3. The highest BCUT2D eigenvalue weighted by atomic mass is 19.1. The minimum absolute atomic E-state index is 0.108. The van der Waals surface area contributed by atoms with E-state index < -0.39 is 0 Å². The van der Waals surface area contributed by atoms with Crippen molar-refractivity contribution in [2.75, 3.05) is 36.9 Å². The fraction of sp³-hybridized carbons (Fsp3) is 0.124. The van der Waals surface area contributed by atoms with Crippen molar-refractivity contribution in [3.05, 3.63) is 375 Å². The SMILES string of the molecule is CC(=O)Nc1cnc(-c2ccc(F)c(C)c2)c(-c2ccc3nccn3c2)c1.Cc1cc(-c2ncc(NC(=O)N3CCOCC3)cc2-c2ccc3nccn3c2)ccc1F.Fc1ccc(-c2ncccc2-c2ccc3ncccc3n2)cc1.Fc1ccc(-c2ncccc2-c2ccc3nccn3c2)cc1C1CC1.Fc1ccc(-c2ncccc2-c2ccc3ncnn3c2)cc1C1CC1. The van der Waals surface area contributed by atoms with E-state index in [2.05, 4.69) is 76.6 Å². The third-order valence-corrected chi connectivity index (χ3v) is 23.0. The van der Waals surface area contributed by atoms with E-state index >= 15 is 0 Å². The number of carbonyl (C=O) groups is 2. The molecule has 2 saturated carbocycles. The summed E-state index contributed by atoms with van der Waals surface area (Å²) in [6.07, 6.45) is 34.9. The number of aromatic nitrogens is 16. The van der Waals surface area contributed by atoms with Crippen molar-refractivity contribution in [3.63, 3.8) is 0 Å². The van der Waals surface area contributed by atoms with Gasteiger partial charge in [-0.15, -0.1) is 0 Å². The first kappa shape index (κ1) is 84.9. The molecule has 0 atom stereocenters. The van der Waals surface area contributed by atoms with E-state index in [0.717, 1.165) is 171 Å². The number of anilines is 2. The molecule has 3 aliphatic rings. The first-order valence-corrected chi connectivity index (χ1v) is 43.0. The van der Waals surface area contributed by atoms with E-state index in [1.807, 2.05) is 190 Å². The van der Waals surface area contributed by atoms with Gasteiger partial charge in [-0.25, -0.2) is 56.2 Å². The molecule has 3 amide bonds. The lowest BCUT2D eigenvalue weighted by Crippen LogP contribution is -2.43. The molecule has 3 fully saturated rings. The normalized spacial score (nSPS) is 12.9. The molecule has 2 aliphatic carbocycles. The topological polar surface area (TPSA) is 243 Å². The van der Waals surface area contributed by atoms with Crippen LogP contribution in [0.3, 0.4) is 0 Å². The molecule has 23 rings (SSSR count). The van der Waals surface area contributed by atoms with Crippen molar-refractivity contribution in [2.45, 2.75) is 58.3 Å². The molecule has 0 unspecified atom stereocenters. The van der Waals surface area contributed by atoms with Crippen LogP contribution in [0.5, 0.6) is 0 Å². The number of hydrogen-bond acceptors (Lipinski definition) is 15. The molecule has 0 bridgehead atoms. The maximum absolute atomic E-state index is 14.1. The average Bonchev–Trinajstić information content (AvgIpc) is 1.57. The van der Waals surface area contributed by atoms with E-state index in [1.165, 1.54) is 37.5 Å². The minimum atomic E-state index is -0.263. The third kappa shape index (κ3) is 19.0. The Morgan fingerprint density at radius 2 is 0.795 bits per heavy atom. The number of halogens is 5. The summed E-state index contributed by atoms with van der Waals surface area (Å²) in [6.45, 7) is 7.07. The quantitative estimate of drug-likeness (QED) is 0.0962. The van der Waals surface area contributed by atoms with Gasteiger partial charge in [0.05, 0.1) is 82.2 Å². The fourth-order valence-corrected chi connectivity index (χ4v) is 16.0.